The third kappa shape index (κ3) is 5.04. The van der Waals surface area contributed by atoms with Gasteiger partial charge in [-0.1, -0.05) is 51.4 Å². The van der Waals surface area contributed by atoms with Crippen LogP contribution in [0.5, 0.6) is 5.75 Å². The van der Waals surface area contributed by atoms with Gasteiger partial charge in [-0.15, -0.1) is 0 Å². The fourth-order valence-electron chi connectivity index (χ4n) is 4.83. The Labute approximate surface area is 207 Å². The molecule has 2 heterocycles. The summed E-state index contributed by atoms with van der Waals surface area (Å²) in [5.74, 6) is 0.625. The van der Waals surface area contributed by atoms with Gasteiger partial charge in [0, 0.05) is 35.1 Å². The Balaban J connectivity index is 1.31. The highest BCUT2D eigenvalue weighted by Gasteiger charge is 2.45. The van der Waals surface area contributed by atoms with E-state index >= 15 is 0 Å². The molecule has 7 nitrogen and oxygen atoms in total. The first kappa shape index (κ1) is 23.1. The minimum atomic E-state index is -0.817. The Morgan fingerprint density at radius 2 is 2.03 bits per heavy atom. The predicted molar refractivity (Wildman–Crippen MR) is 131 cm³/mol. The average molecular weight is 526 g/mol. The molecule has 0 radical (unpaired) electrons. The maximum Gasteiger partial charge on any atom is 0.290 e. The number of aliphatic hydroxyl groups is 1. The molecular weight excluding hydrogens is 498 g/mol. The van der Waals surface area contributed by atoms with Crippen molar-refractivity contribution >= 4 is 21.8 Å². The molecule has 3 N–H and O–H groups in total. The molecule has 3 atom stereocenters. The quantitative estimate of drug-likeness (QED) is 0.408. The summed E-state index contributed by atoms with van der Waals surface area (Å²) >= 11 is 3.57. The largest absolute Gasteiger partial charge is 0.487 e. The van der Waals surface area contributed by atoms with Crippen molar-refractivity contribution in [3.63, 3.8) is 0 Å². The van der Waals surface area contributed by atoms with Crippen LogP contribution in [0.15, 0.2) is 69.8 Å². The second kappa shape index (κ2) is 9.90. The minimum Gasteiger partial charge on any atom is -0.487 e. The number of benzene rings is 2. The molecular formula is C26H28BrN3O4. The van der Waals surface area contributed by atoms with Crippen molar-refractivity contribution in [3.8, 4) is 5.75 Å². The Bertz CT molecular complexity index is 1120. The first-order chi connectivity index (χ1) is 16.5. The molecule has 1 amide bonds. The zero-order valence-corrected chi connectivity index (χ0v) is 20.3. The summed E-state index contributed by atoms with van der Waals surface area (Å²) in [4.78, 5) is 12.7. The molecule has 1 spiro atoms. The summed E-state index contributed by atoms with van der Waals surface area (Å²) in [7, 11) is 0. The number of carbonyl (C=O) groups excluding carboxylic acids is 1. The summed E-state index contributed by atoms with van der Waals surface area (Å²) in [6.07, 6.45) is 5.23. The molecule has 2 aliphatic rings. The van der Waals surface area contributed by atoms with Crippen molar-refractivity contribution in [1.29, 1.82) is 0 Å². The van der Waals surface area contributed by atoms with Gasteiger partial charge in [-0.25, -0.2) is 0 Å². The monoisotopic (exact) mass is 525 g/mol. The first-order valence-corrected chi connectivity index (χ1v) is 12.5. The molecule has 178 valence electrons. The molecule has 1 aromatic heterocycles. The van der Waals surface area contributed by atoms with E-state index in [1.165, 1.54) is 18.7 Å². The van der Waals surface area contributed by atoms with Gasteiger partial charge in [0.15, 0.2) is 0 Å². The lowest BCUT2D eigenvalue weighted by Crippen LogP contribution is -2.52. The molecule has 3 aromatic rings. The fraction of sp³-hybridized carbons (Fsp3) is 0.385. The summed E-state index contributed by atoms with van der Waals surface area (Å²) in [6.45, 7) is 0.320. The van der Waals surface area contributed by atoms with Gasteiger partial charge in [0.25, 0.3) is 5.91 Å². The van der Waals surface area contributed by atoms with E-state index in [1.54, 1.807) is 0 Å². The highest BCUT2D eigenvalue weighted by molar-refractivity contribution is 9.10. The molecule has 34 heavy (non-hydrogen) atoms. The number of nitrogens with one attached hydrogen (secondary N) is 2. The van der Waals surface area contributed by atoms with Gasteiger partial charge in [0.2, 0.25) is 5.76 Å². The van der Waals surface area contributed by atoms with Crippen LogP contribution >= 0.6 is 15.9 Å². The van der Waals surface area contributed by atoms with Gasteiger partial charge < -0.3 is 25.0 Å². The van der Waals surface area contributed by atoms with E-state index in [9.17, 15) is 9.90 Å². The van der Waals surface area contributed by atoms with Crippen LogP contribution in [0.1, 0.15) is 53.4 Å². The smallest absolute Gasteiger partial charge is 0.290 e. The second-order valence-electron chi connectivity index (χ2n) is 9.20. The molecule has 1 aliphatic carbocycles. The minimum absolute atomic E-state index is 0.0542. The Hall–Kier alpha value is -2.68. The summed E-state index contributed by atoms with van der Waals surface area (Å²) in [5.41, 5.74) is 2.00. The van der Waals surface area contributed by atoms with Gasteiger partial charge in [-0.2, -0.15) is 0 Å². The lowest BCUT2D eigenvalue weighted by molar-refractivity contribution is -0.0382. The van der Waals surface area contributed by atoms with Crippen LogP contribution in [0, 0.1) is 0 Å². The first-order valence-electron chi connectivity index (χ1n) is 11.7. The highest BCUT2D eigenvalue weighted by Crippen LogP contribution is 2.49. The average Bonchev–Trinajstić information content (AvgIpc) is 3.37. The molecule has 1 fully saturated rings. The highest BCUT2D eigenvalue weighted by atomic mass is 79.9. The van der Waals surface area contributed by atoms with Crippen LogP contribution in [0.3, 0.4) is 0 Å². The van der Waals surface area contributed by atoms with Gasteiger partial charge in [-0.05, 0) is 49.4 Å². The van der Waals surface area contributed by atoms with E-state index in [0.717, 1.165) is 40.6 Å². The van der Waals surface area contributed by atoms with Crippen LogP contribution in [0.2, 0.25) is 0 Å². The van der Waals surface area contributed by atoms with E-state index in [2.05, 4.69) is 37.8 Å². The number of carbonyl (C=O) groups is 1. The summed E-state index contributed by atoms with van der Waals surface area (Å²) in [6, 6.07) is 17.0. The summed E-state index contributed by atoms with van der Waals surface area (Å²) < 4.78 is 12.4. The lowest BCUT2D eigenvalue weighted by Gasteiger charge is -2.48. The standard InChI is InChI=1S/C26H28BrN3O4/c27-18-7-8-23-19(14-18)21(15-26(33-23)10-4-11-26)28-16-22(31)20(13-17-5-2-1-3-6-17)30-25(32)24-9-12-29-34-24/h1-3,5-9,12,14,20-22,28,31H,4,10-11,13,15-16H2,(H,30,32)/t20-,21-,22+/m0/s1. The zero-order valence-electron chi connectivity index (χ0n) is 18.7. The predicted octanol–water partition coefficient (Wildman–Crippen LogP) is 4.18. The molecule has 0 saturated heterocycles. The number of aliphatic hydroxyl groups excluding tert-OH is 1. The zero-order chi connectivity index (χ0) is 23.5. The maximum absolute atomic E-state index is 12.7. The van der Waals surface area contributed by atoms with Gasteiger partial charge in [0.1, 0.15) is 11.4 Å². The second-order valence-corrected chi connectivity index (χ2v) is 10.1. The molecule has 1 saturated carbocycles. The molecule has 5 rings (SSSR count). The van der Waals surface area contributed by atoms with E-state index < -0.39 is 18.1 Å². The van der Waals surface area contributed by atoms with E-state index in [-0.39, 0.29) is 17.4 Å². The number of fused-ring (bicyclic) bond motifs is 1. The molecule has 0 unspecified atom stereocenters. The topological polar surface area (TPSA) is 96.6 Å². The molecule has 1 aliphatic heterocycles. The number of rotatable bonds is 8. The number of aromatic nitrogens is 1. The Morgan fingerprint density at radius 1 is 1.21 bits per heavy atom. The SMILES string of the molecule is O=C(N[C@@H](Cc1ccccc1)[C@H](O)CN[C@H]1CC2(CCC2)Oc2ccc(Br)cc21)c1ccno1. The van der Waals surface area contributed by atoms with Crippen molar-refractivity contribution < 1.29 is 19.2 Å². The van der Waals surface area contributed by atoms with Crippen molar-refractivity contribution in [1.82, 2.24) is 15.8 Å². The Kier molecular flexibility index (Phi) is 6.72. The molecule has 2 aromatic carbocycles. The molecule has 0 bridgehead atoms. The number of hydrogen-bond donors (Lipinski definition) is 3. The number of nitrogens with zero attached hydrogens (tertiary/aromatic N) is 1. The van der Waals surface area contributed by atoms with E-state index in [4.69, 9.17) is 9.26 Å². The number of ether oxygens (including phenoxy) is 1. The van der Waals surface area contributed by atoms with Crippen LogP contribution in [-0.2, 0) is 6.42 Å². The van der Waals surface area contributed by atoms with Gasteiger partial charge in [-0.3, -0.25) is 4.79 Å². The number of amides is 1. The van der Waals surface area contributed by atoms with Gasteiger partial charge in [0.05, 0.1) is 18.3 Å². The summed E-state index contributed by atoms with van der Waals surface area (Å²) in [5, 5.41) is 21.3. The van der Waals surface area contributed by atoms with Crippen molar-refractivity contribution in [2.45, 2.75) is 55.9 Å². The third-order valence-corrected chi connectivity index (χ3v) is 7.32. The molecule has 8 heteroatoms. The van der Waals surface area contributed by atoms with Crippen LogP contribution in [-0.4, -0.2) is 40.5 Å². The van der Waals surface area contributed by atoms with Crippen LogP contribution in [0.25, 0.3) is 0 Å². The maximum atomic E-state index is 12.7. The van der Waals surface area contributed by atoms with E-state index in [0.29, 0.717) is 13.0 Å². The van der Waals surface area contributed by atoms with Gasteiger partial charge >= 0.3 is 0 Å². The van der Waals surface area contributed by atoms with Crippen LogP contribution in [0.4, 0.5) is 0 Å². The van der Waals surface area contributed by atoms with Crippen LogP contribution < -0.4 is 15.4 Å². The number of halogens is 1. The van der Waals surface area contributed by atoms with Crippen molar-refractivity contribution in [2.24, 2.45) is 0 Å². The Morgan fingerprint density at radius 3 is 2.74 bits per heavy atom. The fourth-order valence-corrected chi connectivity index (χ4v) is 5.21. The normalized spacial score (nSPS) is 20.0. The van der Waals surface area contributed by atoms with E-state index in [1.807, 2.05) is 42.5 Å². The van der Waals surface area contributed by atoms with Crippen molar-refractivity contribution in [3.05, 3.63) is 82.2 Å². The number of hydrogen-bond acceptors (Lipinski definition) is 6. The van der Waals surface area contributed by atoms with Crippen molar-refractivity contribution in [2.75, 3.05) is 6.54 Å². The third-order valence-electron chi connectivity index (χ3n) is 6.83. The lowest BCUT2D eigenvalue weighted by atomic mass is 9.73.